The first-order valence-corrected chi connectivity index (χ1v) is 11.8. The van der Waals surface area contributed by atoms with Crippen LogP contribution in [0.1, 0.15) is 29.9 Å². The van der Waals surface area contributed by atoms with E-state index in [1.807, 2.05) is 29.2 Å². The molecule has 4 rings (SSSR count). The van der Waals surface area contributed by atoms with Crippen LogP contribution >= 0.6 is 23.2 Å². The molecule has 0 unspecified atom stereocenters. The molecule has 34 heavy (non-hydrogen) atoms. The number of nitrogens with zero attached hydrogens (tertiary/aromatic N) is 1. The van der Waals surface area contributed by atoms with Gasteiger partial charge in [-0.05, 0) is 54.8 Å². The van der Waals surface area contributed by atoms with Gasteiger partial charge in [-0.25, -0.2) is 9.59 Å². The van der Waals surface area contributed by atoms with Crippen LogP contribution in [0.25, 0.3) is 6.08 Å². The van der Waals surface area contributed by atoms with E-state index in [9.17, 15) is 14.4 Å². The smallest absolute Gasteiger partial charge is 0.374 e. The molecule has 2 aliphatic heterocycles. The summed E-state index contributed by atoms with van der Waals surface area (Å²) in [5.41, 5.74) is 0.141. The van der Waals surface area contributed by atoms with Gasteiger partial charge >= 0.3 is 11.9 Å². The van der Waals surface area contributed by atoms with Crippen LogP contribution in [0.5, 0.6) is 0 Å². The highest BCUT2D eigenvalue weighted by Gasteiger charge is 2.66. The third kappa shape index (κ3) is 4.15. The van der Waals surface area contributed by atoms with Gasteiger partial charge in [0.2, 0.25) is 5.78 Å². The summed E-state index contributed by atoms with van der Waals surface area (Å²) in [7, 11) is 2.46. The molecule has 0 N–H and O–H groups in total. The zero-order valence-electron chi connectivity index (χ0n) is 18.9. The first-order valence-electron chi connectivity index (χ1n) is 11.0. The van der Waals surface area contributed by atoms with E-state index in [2.05, 4.69) is 0 Å². The van der Waals surface area contributed by atoms with Crippen molar-refractivity contribution < 1.29 is 23.9 Å². The highest BCUT2D eigenvalue weighted by atomic mass is 35.5. The van der Waals surface area contributed by atoms with E-state index < -0.39 is 35.1 Å². The fourth-order valence-electron chi connectivity index (χ4n) is 5.46. The molecule has 0 radical (unpaired) electrons. The van der Waals surface area contributed by atoms with Crippen molar-refractivity contribution in [3.05, 3.63) is 75.8 Å². The third-order valence-electron chi connectivity index (χ3n) is 6.86. The maximum absolute atomic E-state index is 13.6. The van der Waals surface area contributed by atoms with Crippen molar-refractivity contribution in [3.63, 3.8) is 0 Å². The predicted octanol–water partition coefficient (Wildman–Crippen LogP) is 4.54. The standard InChI is InChI=1S/C26H25Cl2NO5/c1-33-24(31)23(30)22-21(17-7-11-19(28)12-8-17)20-4-3-15-29(20)26(22,25(32)34-2)14-13-16-5-9-18(27)10-6-16/h5-14,20-22H,3-4,15H2,1-2H3/b14-13+/t20-,21-,22-,26+/m0/s1. The Bertz CT molecular complexity index is 1120. The zero-order chi connectivity index (χ0) is 24.5. The van der Waals surface area contributed by atoms with E-state index in [0.29, 0.717) is 16.6 Å². The lowest BCUT2D eigenvalue weighted by Crippen LogP contribution is -2.56. The van der Waals surface area contributed by atoms with Crippen LogP contribution in [0, 0.1) is 5.92 Å². The van der Waals surface area contributed by atoms with Crippen LogP contribution in [-0.2, 0) is 23.9 Å². The molecule has 2 aromatic carbocycles. The molecule has 4 atom stereocenters. The quantitative estimate of drug-likeness (QED) is 0.427. The molecule has 0 bridgehead atoms. The number of esters is 2. The lowest BCUT2D eigenvalue weighted by Gasteiger charge is -2.36. The van der Waals surface area contributed by atoms with Crippen molar-refractivity contribution in [2.45, 2.75) is 30.3 Å². The maximum atomic E-state index is 13.6. The maximum Gasteiger partial charge on any atom is 0.374 e. The first kappa shape index (κ1) is 24.5. The van der Waals surface area contributed by atoms with Crippen molar-refractivity contribution in [2.24, 2.45) is 5.92 Å². The monoisotopic (exact) mass is 501 g/mol. The Kier molecular flexibility index (Phi) is 7.12. The Hall–Kier alpha value is -2.67. The van der Waals surface area contributed by atoms with E-state index in [1.54, 1.807) is 36.4 Å². The first-order chi connectivity index (χ1) is 16.3. The number of hydrogen-bond donors (Lipinski definition) is 0. The molecule has 178 valence electrons. The molecule has 8 heteroatoms. The van der Waals surface area contributed by atoms with Gasteiger partial charge in [0.15, 0.2) is 0 Å². The van der Waals surface area contributed by atoms with Crippen molar-refractivity contribution >= 4 is 47.0 Å². The van der Waals surface area contributed by atoms with E-state index >= 15 is 0 Å². The summed E-state index contributed by atoms with van der Waals surface area (Å²) in [6, 6.07) is 14.2. The van der Waals surface area contributed by atoms with E-state index in [1.165, 1.54) is 7.11 Å². The van der Waals surface area contributed by atoms with Crippen LogP contribution in [0.2, 0.25) is 10.0 Å². The topological polar surface area (TPSA) is 72.9 Å². The zero-order valence-corrected chi connectivity index (χ0v) is 20.4. The summed E-state index contributed by atoms with van der Waals surface area (Å²) < 4.78 is 10.1. The second-order valence-electron chi connectivity index (χ2n) is 8.52. The molecule has 2 saturated heterocycles. The summed E-state index contributed by atoms with van der Waals surface area (Å²) in [5.74, 6) is -3.81. The number of ether oxygens (including phenoxy) is 2. The Labute approximate surface area is 208 Å². The van der Waals surface area contributed by atoms with Crippen LogP contribution < -0.4 is 0 Å². The van der Waals surface area contributed by atoms with Gasteiger partial charge in [-0.2, -0.15) is 0 Å². The van der Waals surface area contributed by atoms with Crippen molar-refractivity contribution in [3.8, 4) is 0 Å². The summed E-state index contributed by atoms with van der Waals surface area (Å²) >= 11 is 12.1. The fourth-order valence-corrected chi connectivity index (χ4v) is 5.71. The normalized spacial score (nSPS) is 26.4. The van der Waals surface area contributed by atoms with Gasteiger partial charge in [0.1, 0.15) is 5.54 Å². The average Bonchev–Trinajstić information content (AvgIpc) is 3.43. The molecule has 0 aliphatic carbocycles. The predicted molar refractivity (Wildman–Crippen MR) is 130 cm³/mol. The summed E-state index contributed by atoms with van der Waals surface area (Å²) in [6.45, 7) is 0.583. The fraction of sp³-hybridized carbons (Fsp3) is 0.346. The third-order valence-corrected chi connectivity index (χ3v) is 7.36. The number of ketones is 1. The molecule has 6 nitrogen and oxygen atoms in total. The number of carbonyl (C=O) groups excluding carboxylic acids is 3. The van der Waals surface area contributed by atoms with Gasteiger partial charge in [-0.1, -0.05) is 59.6 Å². The minimum absolute atomic E-state index is 0.145. The minimum atomic E-state index is -1.48. The van der Waals surface area contributed by atoms with Crippen molar-refractivity contribution in [1.82, 2.24) is 4.90 Å². The van der Waals surface area contributed by atoms with Gasteiger partial charge in [0.25, 0.3) is 0 Å². The summed E-state index contributed by atoms with van der Waals surface area (Å²) in [6.07, 6.45) is 5.08. The number of hydrogen-bond acceptors (Lipinski definition) is 6. The highest BCUT2D eigenvalue weighted by molar-refractivity contribution is 6.36. The molecule has 0 amide bonds. The van der Waals surface area contributed by atoms with Crippen molar-refractivity contribution in [1.29, 1.82) is 0 Å². The number of carbonyl (C=O) groups is 3. The molecule has 2 heterocycles. The van der Waals surface area contributed by atoms with E-state index in [0.717, 1.165) is 31.1 Å². The number of Topliss-reactive ketones (excluding diaryl/α,β-unsaturated/α-hetero) is 1. The molecule has 2 aliphatic rings. The van der Waals surface area contributed by atoms with Gasteiger partial charge in [-0.3, -0.25) is 9.69 Å². The van der Waals surface area contributed by atoms with Crippen LogP contribution in [0.3, 0.4) is 0 Å². The van der Waals surface area contributed by atoms with Gasteiger partial charge < -0.3 is 9.47 Å². The molecule has 2 fully saturated rings. The molecular weight excluding hydrogens is 477 g/mol. The van der Waals surface area contributed by atoms with E-state index in [4.69, 9.17) is 32.7 Å². The van der Waals surface area contributed by atoms with Crippen LogP contribution in [0.4, 0.5) is 0 Å². The Morgan fingerprint density at radius 1 is 0.971 bits per heavy atom. The Morgan fingerprint density at radius 3 is 2.18 bits per heavy atom. The number of methoxy groups -OCH3 is 2. The highest BCUT2D eigenvalue weighted by Crippen LogP contribution is 2.54. The van der Waals surface area contributed by atoms with Gasteiger partial charge in [0, 0.05) is 22.0 Å². The largest absolute Gasteiger partial charge is 0.467 e. The SMILES string of the molecule is COC(=O)C(=O)[C@@H]1[C@@H](c2ccc(Cl)cc2)[C@@H]2CCCN2[C@@]1(/C=C/c1ccc(Cl)cc1)C(=O)OC. The summed E-state index contributed by atoms with van der Waals surface area (Å²) in [4.78, 5) is 41.7. The lowest BCUT2D eigenvalue weighted by atomic mass is 9.71. The van der Waals surface area contributed by atoms with E-state index in [-0.39, 0.29) is 6.04 Å². The van der Waals surface area contributed by atoms with Crippen molar-refractivity contribution in [2.75, 3.05) is 20.8 Å². The molecular formula is C26H25Cl2NO5. The molecule has 0 saturated carbocycles. The molecule has 0 spiro atoms. The number of halogens is 2. The second kappa shape index (κ2) is 9.90. The van der Waals surface area contributed by atoms with Gasteiger partial charge in [-0.15, -0.1) is 0 Å². The van der Waals surface area contributed by atoms with Crippen LogP contribution in [-0.4, -0.2) is 55.0 Å². The second-order valence-corrected chi connectivity index (χ2v) is 9.39. The molecule has 0 aromatic heterocycles. The summed E-state index contributed by atoms with van der Waals surface area (Å²) in [5, 5.41) is 1.14. The lowest BCUT2D eigenvalue weighted by molar-refractivity contribution is -0.160. The number of fused-ring (bicyclic) bond motifs is 1. The number of benzene rings is 2. The molecule has 2 aromatic rings. The minimum Gasteiger partial charge on any atom is -0.467 e. The van der Waals surface area contributed by atoms with Crippen LogP contribution in [0.15, 0.2) is 54.6 Å². The Balaban J connectivity index is 1.92. The average molecular weight is 502 g/mol. The van der Waals surface area contributed by atoms with Gasteiger partial charge in [0.05, 0.1) is 20.1 Å². The Morgan fingerprint density at radius 2 is 1.59 bits per heavy atom. The number of rotatable bonds is 6.